The summed E-state index contributed by atoms with van der Waals surface area (Å²) in [5.41, 5.74) is 2.07. The molecule has 1 fully saturated rings. The van der Waals surface area contributed by atoms with Crippen molar-refractivity contribution in [1.82, 2.24) is 10.2 Å². The van der Waals surface area contributed by atoms with E-state index in [1.165, 1.54) is 17.7 Å². The van der Waals surface area contributed by atoms with Crippen molar-refractivity contribution in [2.75, 3.05) is 17.2 Å². The first-order valence-electron chi connectivity index (χ1n) is 10.5. The van der Waals surface area contributed by atoms with Crippen LogP contribution in [-0.4, -0.2) is 27.8 Å². The second-order valence-electron chi connectivity index (χ2n) is 7.82. The van der Waals surface area contributed by atoms with Gasteiger partial charge in [-0.15, -0.1) is 5.10 Å². The van der Waals surface area contributed by atoms with Gasteiger partial charge in [0.2, 0.25) is 0 Å². The maximum Gasteiger partial charge on any atom is 0.320 e. The molecule has 0 radical (unpaired) electrons. The van der Waals surface area contributed by atoms with Crippen molar-refractivity contribution in [2.24, 2.45) is 5.92 Å². The summed E-state index contributed by atoms with van der Waals surface area (Å²) in [7, 11) is 0. The van der Waals surface area contributed by atoms with E-state index in [-0.39, 0.29) is 24.2 Å². The zero-order chi connectivity index (χ0) is 21.6. The van der Waals surface area contributed by atoms with Crippen molar-refractivity contribution in [3.63, 3.8) is 0 Å². The van der Waals surface area contributed by atoms with Crippen LogP contribution >= 0.6 is 0 Å². The molecule has 2 aromatic carbocycles. The quantitative estimate of drug-likeness (QED) is 0.501. The molecule has 3 N–H and O–H groups in total. The fourth-order valence-corrected chi connectivity index (χ4v) is 4.03. The van der Waals surface area contributed by atoms with Gasteiger partial charge >= 0.3 is 17.8 Å². The van der Waals surface area contributed by atoms with Gasteiger partial charge in [0.25, 0.3) is 0 Å². The molecule has 1 saturated carbocycles. The van der Waals surface area contributed by atoms with Crippen LogP contribution in [0.1, 0.15) is 54.3 Å². The Morgan fingerprint density at radius 2 is 1.81 bits per heavy atom. The minimum Gasteiger partial charge on any atom is -0.399 e. The molecule has 0 bridgehead atoms. The van der Waals surface area contributed by atoms with Crippen LogP contribution in [0.25, 0.3) is 0 Å². The first kappa shape index (κ1) is 21.0. The highest BCUT2D eigenvalue weighted by atomic mass is 19.1. The molecule has 0 unspecified atom stereocenters. The number of nitrogens with zero attached hydrogens (tertiary/aromatic N) is 2. The Morgan fingerprint density at radius 3 is 2.52 bits per heavy atom. The Hall–Kier alpha value is -3.26. The van der Waals surface area contributed by atoms with Crippen molar-refractivity contribution in [2.45, 2.75) is 38.0 Å². The number of rotatable bonds is 7. The molecule has 0 spiro atoms. The minimum atomic E-state index is -0.536. The van der Waals surface area contributed by atoms with E-state index in [2.05, 4.69) is 20.8 Å². The predicted octanol–water partition coefficient (Wildman–Crippen LogP) is 4.86. The number of halogens is 1. The number of aliphatic hydroxyl groups is 1. The summed E-state index contributed by atoms with van der Waals surface area (Å²) in [5.74, 6) is -0.0697. The van der Waals surface area contributed by atoms with Crippen LogP contribution in [0.4, 0.5) is 21.8 Å². The number of aliphatic hydroxyl groups excluding tert-OH is 1. The van der Waals surface area contributed by atoms with Crippen LogP contribution in [0.2, 0.25) is 0 Å². The Balaban J connectivity index is 1.33. The molecule has 4 rings (SSSR count). The number of nitrogens with one attached hydrogen (secondary N) is 2. The van der Waals surface area contributed by atoms with Gasteiger partial charge in [0.1, 0.15) is 5.82 Å². The molecule has 1 aliphatic rings. The number of carbonyl (C=O) groups is 1. The first-order valence-corrected chi connectivity index (χ1v) is 10.5. The fraction of sp³-hybridized carbons (Fsp3) is 0.348. The summed E-state index contributed by atoms with van der Waals surface area (Å²) in [6.07, 6.45) is 5.42. The van der Waals surface area contributed by atoms with Gasteiger partial charge in [-0.05, 0) is 73.8 Å². The zero-order valence-corrected chi connectivity index (χ0v) is 17.1. The molecule has 1 aromatic heterocycles. The second kappa shape index (κ2) is 9.70. The van der Waals surface area contributed by atoms with Crippen LogP contribution in [0.15, 0.2) is 52.9 Å². The number of benzene rings is 2. The van der Waals surface area contributed by atoms with E-state index < -0.39 is 11.7 Å². The van der Waals surface area contributed by atoms with Gasteiger partial charge in [0.05, 0.1) is 5.69 Å². The number of hydrogen-bond donors (Lipinski definition) is 3. The van der Waals surface area contributed by atoms with E-state index in [0.29, 0.717) is 17.5 Å². The van der Waals surface area contributed by atoms with Crippen molar-refractivity contribution >= 4 is 23.3 Å². The summed E-state index contributed by atoms with van der Waals surface area (Å²) in [6.45, 7) is 0.268. The molecule has 0 saturated heterocycles. The number of carbonyl (C=O) groups excluding carboxylic acids is 1. The van der Waals surface area contributed by atoms with Crippen LogP contribution in [0.5, 0.6) is 0 Å². The Kier molecular flexibility index (Phi) is 6.57. The second-order valence-corrected chi connectivity index (χ2v) is 7.82. The highest BCUT2D eigenvalue weighted by Crippen LogP contribution is 2.37. The molecule has 31 heavy (non-hydrogen) atoms. The van der Waals surface area contributed by atoms with Crippen molar-refractivity contribution in [1.29, 1.82) is 0 Å². The maximum atomic E-state index is 13.7. The van der Waals surface area contributed by atoms with Crippen LogP contribution in [0, 0.1) is 11.7 Å². The maximum absolute atomic E-state index is 13.7. The van der Waals surface area contributed by atoms with Gasteiger partial charge in [0.15, 0.2) is 0 Å². The van der Waals surface area contributed by atoms with Gasteiger partial charge in [-0.1, -0.05) is 29.4 Å². The standard InChI is InChI=1S/C23H25FN4O3/c24-19-3-1-2-4-20(19)26-23-28-27-22(31-23)21(30)25-18-11-9-17(10-12-18)16-7-5-15(6-8-16)13-14-29/h1-4,9-12,15-16,29H,5-8,13-14H2,(H,25,30)(H,26,28). The Morgan fingerprint density at radius 1 is 1.06 bits per heavy atom. The first-order chi connectivity index (χ1) is 15.1. The molecule has 1 amide bonds. The van der Waals surface area contributed by atoms with E-state index in [1.54, 1.807) is 12.1 Å². The molecule has 7 nitrogen and oxygen atoms in total. The van der Waals surface area contributed by atoms with Crippen molar-refractivity contribution in [3.8, 4) is 0 Å². The predicted molar refractivity (Wildman–Crippen MR) is 115 cm³/mol. The number of anilines is 3. The Bertz CT molecular complexity index is 1010. The van der Waals surface area contributed by atoms with Gasteiger partial charge in [0, 0.05) is 12.3 Å². The average Bonchev–Trinajstić information content (AvgIpc) is 3.26. The van der Waals surface area contributed by atoms with Crippen molar-refractivity contribution in [3.05, 3.63) is 65.8 Å². The summed E-state index contributed by atoms with van der Waals surface area (Å²) < 4.78 is 19.0. The largest absolute Gasteiger partial charge is 0.399 e. The molecule has 8 heteroatoms. The van der Waals surface area contributed by atoms with Crippen LogP contribution in [0.3, 0.4) is 0 Å². The number of para-hydroxylation sites is 1. The van der Waals surface area contributed by atoms with E-state index >= 15 is 0 Å². The normalized spacial score (nSPS) is 18.5. The lowest BCUT2D eigenvalue weighted by Gasteiger charge is -2.28. The summed E-state index contributed by atoms with van der Waals surface area (Å²) >= 11 is 0. The smallest absolute Gasteiger partial charge is 0.320 e. The zero-order valence-electron chi connectivity index (χ0n) is 17.1. The summed E-state index contributed by atoms with van der Waals surface area (Å²) in [4.78, 5) is 12.4. The third-order valence-electron chi connectivity index (χ3n) is 5.76. The van der Waals surface area contributed by atoms with Gasteiger partial charge in [-0.2, -0.15) is 0 Å². The molecule has 0 atom stereocenters. The molecule has 1 heterocycles. The van der Waals surface area contributed by atoms with E-state index in [1.807, 2.05) is 24.3 Å². The highest BCUT2D eigenvalue weighted by molar-refractivity contribution is 6.00. The van der Waals surface area contributed by atoms with Crippen LogP contribution in [-0.2, 0) is 0 Å². The van der Waals surface area contributed by atoms with Crippen LogP contribution < -0.4 is 10.6 Å². The molecular weight excluding hydrogens is 399 g/mol. The SMILES string of the molecule is O=C(Nc1ccc(C2CCC(CCO)CC2)cc1)c1nnc(Nc2ccccc2F)o1. The lowest BCUT2D eigenvalue weighted by molar-refractivity contribution is 0.0991. The molecular formula is C23H25FN4O3. The Labute approximate surface area is 179 Å². The van der Waals surface area contributed by atoms with Gasteiger partial charge in [-0.25, -0.2) is 4.39 Å². The number of hydrogen-bond acceptors (Lipinski definition) is 6. The minimum absolute atomic E-state index is 0.0672. The van der Waals surface area contributed by atoms with Crippen molar-refractivity contribution < 1.29 is 18.7 Å². The molecule has 3 aromatic rings. The number of amides is 1. The van der Waals surface area contributed by atoms with Gasteiger partial charge < -0.3 is 20.2 Å². The monoisotopic (exact) mass is 424 g/mol. The third-order valence-corrected chi connectivity index (χ3v) is 5.76. The van der Waals surface area contributed by atoms with E-state index in [4.69, 9.17) is 9.52 Å². The summed E-state index contributed by atoms with van der Waals surface area (Å²) in [5, 5.41) is 21.9. The fourth-order valence-electron chi connectivity index (χ4n) is 4.03. The molecule has 0 aliphatic heterocycles. The lowest BCUT2D eigenvalue weighted by Crippen LogP contribution is -2.15. The van der Waals surface area contributed by atoms with E-state index in [0.717, 1.165) is 32.1 Å². The molecule has 162 valence electrons. The van der Waals surface area contributed by atoms with E-state index in [9.17, 15) is 9.18 Å². The number of aromatic nitrogens is 2. The lowest BCUT2D eigenvalue weighted by atomic mass is 9.78. The average molecular weight is 424 g/mol. The highest BCUT2D eigenvalue weighted by Gasteiger charge is 2.22. The topological polar surface area (TPSA) is 100 Å². The molecule has 1 aliphatic carbocycles. The van der Waals surface area contributed by atoms with Gasteiger partial charge in [-0.3, -0.25) is 4.79 Å². The summed E-state index contributed by atoms with van der Waals surface area (Å²) in [6, 6.07) is 13.8. The third kappa shape index (κ3) is 5.27.